The molecule has 4 nitrogen and oxygen atoms in total. The SMILES string of the molecule is CCCC#CCC(CC)OC(=O)CCCC(=O)OCCCCCCCCCCCC. The number of unbranched alkanes of at least 4 members (excludes halogenated alkanes) is 10. The smallest absolute Gasteiger partial charge is 0.306 e. The van der Waals surface area contributed by atoms with Gasteiger partial charge in [0.15, 0.2) is 0 Å². The van der Waals surface area contributed by atoms with Gasteiger partial charge >= 0.3 is 11.9 Å². The lowest BCUT2D eigenvalue weighted by molar-refractivity contribution is -0.149. The fraction of sp³-hybridized carbons (Fsp3) is 0.846. The number of hydrogen-bond acceptors (Lipinski definition) is 4. The summed E-state index contributed by atoms with van der Waals surface area (Å²) < 4.78 is 10.7. The molecule has 0 saturated heterocycles. The van der Waals surface area contributed by atoms with E-state index in [-0.39, 0.29) is 30.9 Å². The van der Waals surface area contributed by atoms with Crippen molar-refractivity contribution in [2.75, 3.05) is 6.61 Å². The molecule has 4 heteroatoms. The van der Waals surface area contributed by atoms with Gasteiger partial charge in [0, 0.05) is 25.7 Å². The monoisotopic (exact) mass is 422 g/mol. The minimum Gasteiger partial charge on any atom is -0.466 e. The van der Waals surface area contributed by atoms with Crippen molar-refractivity contribution < 1.29 is 19.1 Å². The second-order valence-corrected chi connectivity index (χ2v) is 8.08. The highest BCUT2D eigenvalue weighted by molar-refractivity contribution is 5.72. The topological polar surface area (TPSA) is 52.6 Å². The fourth-order valence-electron chi connectivity index (χ4n) is 3.14. The van der Waals surface area contributed by atoms with Gasteiger partial charge in [-0.15, -0.1) is 5.92 Å². The van der Waals surface area contributed by atoms with Crippen molar-refractivity contribution in [3.05, 3.63) is 0 Å². The van der Waals surface area contributed by atoms with Gasteiger partial charge in [-0.25, -0.2) is 0 Å². The molecule has 0 aromatic rings. The second-order valence-electron chi connectivity index (χ2n) is 8.08. The van der Waals surface area contributed by atoms with Crippen LogP contribution in [0.15, 0.2) is 0 Å². The molecule has 0 aromatic carbocycles. The first-order chi connectivity index (χ1) is 14.6. The van der Waals surface area contributed by atoms with Gasteiger partial charge in [-0.1, -0.05) is 84.5 Å². The molecular weight excluding hydrogens is 376 g/mol. The van der Waals surface area contributed by atoms with Crippen LogP contribution in [0.3, 0.4) is 0 Å². The highest BCUT2D eigenvalue weighted by Crippen LogP contribution is 2.11. The summed E-state index contributed by atoms with van der Waals surface area (Å²) in [4.78, 5) is 23.7. The normalized spacial score (nSPS) is 11.4. The van der Waals surface area contributed by atoms with E-state index in [2.05, 4.69) is 25.7 Å². The minimum absolute atomic E-state index is 0.148. The second kappa shape index (κ2) is 22.2. The Balaban J connectivity index is 3.57. The first-order valence-corrected chi connectivity index (χ1v) is 12.4. The third kappa shape index (κ3) is 19.8. The van der Waals surface area contributed by atoms with Gasteiger partial charge < -0.3 is 9.47 Å². The molecule has 0 bridgehead atoms. The lowest BCUT2D eigenvalue weighted by Crippen LogP contribution is -2.17. The summed E-state index contributed by atoms with van der Waals surface area (Å²) in [5, 5.41) is 0. The Morgan fingerprint density at radius 2 is 1.30 bits per heavy atom. The van der Waals surface area contributed by atoms with Gasteiger partial charge in [0.2, 0.25) is 0 Å². The van der Waals surface area contributed by atoms with Crippen molar-refractivity contribution in [2.45, 2.75) is 136 Å². The molecule has 30 heavy (non-hydrogen) atoms. The van der Waals surface area contributed by atoms with Gasteiger partial charge in [-0.05, 0) is 25.7 Å². The average molecular weight is 423 g/mol. The van der Waals surface area contributed by atoms with Crippen LogP contribution in [0, 0.1) is 11.8 Å². The van der Waals surface area contributed by atoms with E-state index >= 15 is 0 Å². The van der Waals surface area contributed by atoms with E-state index in [1.807, 2.05) is 6.92 Å². The number of carbonyl (C=O) groups is 2. The number of rotatable bonds is 19. The Morgan fingerprint density at radius 1 is 0.700 bits per heavy atom. The van der Waals surface area contributed by atoms with Crippen LogP contribution < -0.4 is 0 Å². The van der Waals surface area contributed by atoms with E-state index in [1.165, 1.54) is 51.4 Å². The molecule has 1 unspecified atom stereocenters. The zero-order valence-electron chi connectivity index (χ0n) is 19.9. The highest BCUT2D eigenvalue weighted by atomic mass is 16.5. The Bertz CT molecular complexity index is 475. The van der Waals surface area contributed by atoms with Crippen molar-refractivity contribution >= 4 is 11.9 Å². The van der Waals surface area contributed by atoms with E-state index in [1.54, 1.807) is 0 Å². The zero-order chi connectivity index (χ0) is 22.3. The van der Waals surface area contributed by atoms with Crippen molar-refractivity contribution in [1.29, 1.82) is 0 Å². The summed E-state index contributed by atoms with van der Waals surface area (Å²) in [6.07, 6.45) is 16.8. The van der Waals surface area contributed by atoms with Crippen LogP contribution in [0.25, 0.3) is 0 Å². The molecule has 0 spiro atoms. The van der Waals surface area contributed by atoms with Crippen LogP contribution in [-0.2, 0) is 19.1 Å². The molecular formula is C26H46O4. The molecule has 0 rings (SSSR count). The molecule has 174 valence electrons. The summed E-state index contributed by atoms with van der Waals surface area (Å²) in [5.41, 5.74) is 0. The standard InChI is InChI=1S/C26H46O4/c1-4-7-9-11-12-13-14-15-16-18-23-29-25(27)21-19-22-26(28)30-24(6-3)20-17-10-8-5-2/h24H,4-9,11-16,18-23H2,1-3H3. The number of esters is 2. The van der Waals surface area contributed by atoms with Crippen LogP contribution >= 0.6 is 0 Å². The molecule has 0 N–H and O–H groups in total. The summed E-state index contributed by atoms with van der Waals surface area (Å²) in [6, 6.07) is 0. The Kier molecular flexibility index (Phi) is 21.1. The molecule has 1 atom stereocenters. The van der Waals surface area contributed by atoms with E-state index in [4.69, 9.17) is 9.47 Å². The van der Waals surface area contributed by atoms with Crippen LogP contribution in [-0.4, -0.2) is 24.6 Å². The van der Waals surface area contributed by atoms with Crippen LogP contribution in [0.2, 0.25) is 0 Å². The van der Waals surface area contributed by atoms with Crippen molar-refractivity contribution in [3.63, 3.8) is 0 Å². The van der Waals surface area contributed by atoms with E-state index in [0.29, 0.717) is 19.4 Å². The number of hydrogen-bond donors (Lipinski definition) is 0. The maximum absolute atomic E-state index is 11.9. The van der Waals surface area contributed by atoms with E-state index in [9.17, 15) is 9.59 Å². The lowest BCUT2D eigenvalue weighted by atomic mass is 10.1. The van der Waals surface area contributed by atoms with Gasteiger partial charge in [0.1, 0.15) is 6.10 Å². The molecule has 0 heterocycles. The molecule has 0 aliphatic heterocycles. The van der Waals surface area contributed by atoms with Gasteiger partial charge in [-0.3, -0.25) is 9.59 Å². The Hall–Kier alpha value is -1.50. The molecule has 0 aromatic heterocycles. The van der Waals surface area contributed by atoms with Crippen molar-refractivity contribution in [2.24, 2.45) is 0 Å². The zero-order valence-corrected chi connectivity index (χ0v) is 19.9. The van der Waals surface area contributed by atoms with Crippen LogP contribution in [0.4, 0.5) is 0 Å². The summed E-state index contributed by atoms with van der Waals surface area (Å²) >= 11 is 0. The van der Waals surface area contributed by atoms with Crippen LogP contribution in [0.1, 0.15) is 130 Å². The summed E-state index contributed by atoms with van der Waals surface area (Å²) in [7, 11) is 0. The molecule has 0 fully saturated rings. The molecule has 0 amide bonds. The first-order valence-electron chi connectivity index (χ1n) is 12.4. The molecule has 0 aliphatic carbocycles. The first kappa shape index (κ1) is 28.5. The molecule has 0 radical (unpaired) electrons. The quantitative estimate of drug-likeness (QED) is 0.126. The third-order valence-corrected chi connectivity index (χ3v) is 5.11. The Labute approximate surface area is 185 Å². The van der Waals surface area contributed by atoms with Crippen molar-refractivity contribution in [3.8, 4) is 11.8 Å². The largest absolute Gasteiger partial charge is 0.466 e. The summed E-state index contributed by atoms with van der Waals surface area (Å²) in [5.74, 6) is 5.69. The number of ether oxygens (including phenoxy) is 2. The van der Waals surface area contributed by atoms with Gasteiger partial charge in [0.05, 0.1) is 6.61 Å². The Morgan fingerprint density at radius 3 is 1.90 bits per heavy atom. The maximum Gasteiger partial charge on any atom is 0.306 e. The molecule has 0 aliphatic rings. The lowest BCUT2D eigenvalue weighted by Gasteiger charge is -2.13. The van der Waals surface area contributed by atoms with Gasteiger partial charge in [0.25, 0.3) is 0 Å². The average Bonchev–Trinajstić information content (AvgIpc) is 2.74. The third-order valence-electron chi connectivity index (χ3n) is 5.11. The van der Waals surface area contributed by atoms with Crippen LogP contribution in [0.5, 0.6) is 0 Å². The maximum atomic E-state index is 11.9. The number of carbonyl (C=O) groups excluding carboxylic acids is 2. The van der Waals surface area contributed by atoms with E-state index in [0.717, 1.165) is 32.1 Å². The summed E-state index contributed by atoms with van der Waals surface area (Å²) in [6.45, 7) is 6.82. The van der Waals surface area contributed by atoms with Gasteiger partial charge in [-0.2, -0.15) is 0 Å². The fourth-order valence-corrected chi connectivity index (χ4v) is 3.14. The van der Waals surface area contributed by atoms with E-state index < -0.39 is 0 Å². The predicted molar refractivity (Wildman–Crippen MR) is 124 cm³/mol. The van der Waals surface area contributed by atoms with Crippen molar-refractivity contribution in [1.82, 2.24) is 0 Å². The highest BCUT2D eigenvalue weighted by Gasteiger charge is 2.12. The minimum atomic E-state index is -0.248. The predicted octanol–water partition coefficient (Wildman–Crippen LogP) is 7.14. The molecule has 0 saturated carbocycles.